The molecule has 1 aromatic heterocycles. The molecule has 2 aromatic carbocycles. The van der Waals surface area contributed by atoms with E-state index in [1.807, 2.05) is 13.2 Å². The molecule has 0 fully saturated rings. The highest BCUT2D eigenvalue weighted by molar-refractivity contribution is 6.30. The number of ketones is 1. The first-order valence-corrected chi connectivity index (χ1v) is 8.46. The first-order chi connectivity index (χ1) is 12.5. The van der Waals surface area contributed by atoms with Gasteiger partial charge < -0.3 is 4.90 Å². The van der Waals surface area contributed by atoms with Crippen molar-refractivity contribution >= 4 is 23.3 Å². The number of nitrogens with zero attached hydrogens (tertiary/aromatic N) is 3. The van der Waals surface area contributed by atoms with E-state index in [1.165, 1.54) is 0 Å². The molecule has 0 spiro atoms. The van der Waals surface area contributed by atoms with Crippen LogP contribution in [-0.2, 0) is 13.6 Å². The fourth-order valence-electron chi connectivity index (χ4n) is 2.73. The van der Waals surface area contributed by atoms with Crippen LogP contribution in [0, 0.1) is 0 Å². The van der Waals surface area contributed by atoms with Crippen molar-refractivity contribution in [2.45, 2.75) is 6.54 Å². The summed E-state index contributed by atoms with van der Waals surface area (Å²) in [6.07, 6.45) is 3.57. The summed E-state index contributed by atoms with van der Waals surface area (Å²) in [6.45, 7) is 0.413. The Morgan fingerprint density at radius 3 is 2.35 bits per heavy atom. The average molecular weight is 368 g/mol. The molecule has 26 heavy (non-hydrogen) atoms. The molecule has 1 heterocycles. The van der Waals surface area contributed by atoms with Gasteiger partial charge in [0.1, 0.15) is 0 Å². The van der Waals surface area contributed by atoms with Crippen LogP contribution in [0.3, 0.4) is 0 Å². The van der Waals surface area contributed by atoms with E-state index in [1.54, 1.807) is 71.4 Å². The number of carbonyl (C=O) groups is 2. The number of hydrogen-bond acceptors (Lipinski definition) is 3. The zero-order chi connectivity index (χ0) is 18.7. The predicted molar refractivity (Wildman–Crippen MR) is 100 cm³/mol. The Morgan fingerprint density at radius 2 is 1.73 bits per heavy atom. The molecule has 0 radical (unpaired) electrons. The maximum absolute atomic E-state index is 12.9. The number of aryl methyl sites for hydroxylation is 1. The van der Waals surface area contributed by atoms with E-state index in [4.69, 9.17) is 11.6 Å². The predicted octanol–water partition coefficient (Wildman–Crippen LogP) is 3.58. The zero-order valence-corrected chi connectivity index (χ0v) is 15.3. The van der Waals surface area contributed by atoms with Gasteiger partial charge >= 0.3 is 0 Å². The van der Waals surface area contributed by atoms with E-state index in [0.29, 0.717) is 28.3 Å². The molecule has 0 aliphatic carbocycles. The smallest absolute Gasteiger partial charge is 0.254 e. The Hall–Kier alpha value is -2.92. The molecular weight excluding hydrogens is 350 g/mol. The van der Waals surface area contributed by atoms with Crippen LogP contribution in [0.15, 0.2) is 60.9 Å². The molecule has 0 aliphatic rings. The van der Waals surface area contributed by atoms with E-state index in [9.17, 15) is 9.59 Å². The maximum Gasteiger partial charge on any atom is 0.254 e. The maximum atomic E-state index is 12.9. The third kappa shape index (κ3) is 3.83. The molecule has 0 N–H and O–H groups in total. The fraction of sp³-hybridized carbons (Fsp3) is 0.150. The average Bonchev–Trinajstić information content (AvgIpc) is 3.06. The summed E-state index contributed by atoms with van der Waals surface area (Å²) < 4.78 is 1.69. The van der Waals surface area contributed by atoms with Crippen LogP contribution < -0.4 is 0 Å². The molecular formula is C20H18ClN3O2. The van der Waals surface area contributed by atoms with Crippen LogP contribution >= 0.6 is 11.6 Å². The van der Waals surface area contributed by atoms with Gasteiger partial charge in [-0.2, -0.15) is 5.10 Å². The minimum Gasteiger partial charge on any atom is -0.337 e. The number of hydrogen-bond donors (Lipinski definition) is 0. The van der Waals surface area contributed by atoms with Crippen molar-refractivity contribution in [1.82, 2.24) is 14.7 Å². The standard InChI is InChI=1S/C20H18ClN3O2/c1-23(12-14-11-22-24(2)13-14)20(26)18-6-4-3-5-17(18)19(25)15-7-9-16(21)10-8-15/h3-11,13H,12H2,1-2H3. The minimum atomic E-state index is -0.216. The van der Waals surface area contributed by atoms with E-state index in [2.05, 4.69) is 5.10 Å². The van der Waals surface area contributed by atoms with E-state index >= 15 is 0 Å². The second-order valence-corrected chi connectivity index (χ2v) is 6.50. The number of amides is 1. The highest BCUT2D eigenvalue weighted by atomic mass is 35.5. The van der Waals surface area contributed by atoms with Gasteiger partial charge in [0.15, 0.2) is 5.78 Å². The molecule has 3 aromatic rings. The number of rotatable bonds is 5. The Kier molecular flexibility index (Phi) is 5.19. The summed E-state index contributed by atoms with van der Waals surface area (Å²) in [6, 6.07) is 13.5. The van der Waals surface area contributed by atoms with Crippen LogP contribution in [0.4, 0.5) is 0 Å². The Balaban J connectivity index is 1.87. The van der Waals surface area contributed by atoms with E-state index in [0.717, 1.165) is 5.56 Å². The topological polar surface area (TPSA) is 55.2 Å². The lowest BCUT2D eigenvalue weighted by atomic mass is 9.97. The molecule has 0 saturated carbocycles. The van der Waals surface area contributed by atoms with Crippen molar-refractivity contribution < 1.29 is 9.59 Å². The third-order valence-electron chi connectivity index (χ3n) is 4.03. The van der Waals surface area contributed by atoms with Crippen molar-refractivity contribution in [2.75, 3.05) is 7.05 Å². The number of halogens is 1. The normalized spacial score (nSPS) is 10.6. The van der Waals surface area contributed by atoms with Gasteiger partial charge in [-0.3, -0.25) is 14.3 Å². The molecule has 0 aliphatic heterocycles. The van der Waals surface area contributed by atoms with Crippen molar-refractivity contribution in [3.05, 3.63) is 88.2 Å². The van der Waals surface area contributed by atoms with Gasteiger partial charge in [0.25, 0.3) is 5.91 Å². The van der Waals surface area contributed by atoms with Gasteiger partial charge in [-0.15, -0.1) is 0 Å². The summed E-state index contributed by atoms with van der Waals surface area (Å²) in [4.78, 5) is 27.3. The quantitative estimate of drug-likeness (QED) is 0.648. The van der Waals surface area contributed by atoms with Crippen molar-refractivity contribution in [3.8, 4) is 0 Å². The highest BCUT2D eigenvalue weighted by Crippen LogP contribution is 2.19. The molecule has 0 bridgehead atoms. The molecule has 0 unspecified atom stereocenters. The lowest BCUT2D eigenvalue weighted by Gasteiger charge is -2.18. The van der Waals surface area contributed by atoms with E-state index in [-0.39, 0.29) is 11.7 Å². The molecule has 0 atom stereocenters. The summed E-state index contributed by atoms with van der Waals surface area (Å²) in [5.41, 5.74) is 2.16. The Labute approximate surface area is 156 Å². The van der Waals surface area contributed by atoms with Crippen LogP contribution in [0.5, 0.6) is 0 Å². The molecule has 5 nitrogen and oxygen atoms in total. The first kappa shape index (κ1) is 17.9. The SMILES string of the molecule is CN(Cc1cnn(C)c1)C(=O)c1ccccc1C(=O)c1ccc(Cl)cc1. The number of aromatic nitrogens is 2. The van der Waals surface area contributed by atoms with Gasteiger partial charge in [0, 0.05) is 48.5 Å². The van der Waals surface area contributed by atoms with Crippen molar-refractivity contribution in [3.63, 3.8) is 0 Å². The second kappa shape index (κ2) is 7.54. The number of carbonyl (C=O) groups excluding carboxylic acids is 2. The van der Waals surface area contributed by atoms with Crippen LogP contribution in [-0.4, -0.2) is 33.4 Å². The van der Waals surface area contributed by atoms with Crippen molar-refractivity contribution in [1.29, 1.82) is 0 Å². The highest BCUT2D eigenvalue weighted by Gasteiger charge is 2.21. The third-order valence-corrected chi connectivity index (χ3v) is 4.29. The fourth-order valence-corrected chi connectivity index (χ4v) is 2.86. The van der Waals surface area contributed by atoms with Crippen molar-refractivity contribution in [2.24, 2.45) is 7.05 Å². The molecule has 6 heteroatoms. The zero-order valence-electron chi connectivity index (χ0n) is 14.5. The van der Waals surface area contributed by atoms with Gasteiger partial charge in [-0.05, 0) is 30.3 Å². The summed E-state index contributed by atoms with van der Waals surface area (Å²) in [5.74, 6) is -0.424. The lowest BCUT2D eigenvalue weighted by molar-refractivity contribution is 0.0780. The van der Waals surface area contributed by atoms with E-state index < -0.39 is 0 Å². The second-order valence-electron chi connectivity index (χ2n) is 6.07. The van der Waals surface area contributed by atoms with Crippen LogP contribution in [0.1, 0.15) is 31.8 Å². The van der Waals surface area contributed by atoms with Crippen LogP contribution in [0.25, 0.3) is 0 Å². The molecule has 1 amide bonds. The van der Waals surface area contributed by atoms with Gasteiger partial charge in [0.05, 0.1) is 11.8 Å². The Morgan fingerprint density at radius 1 is 1.08 bits per heavy atom. The summed E-state index contributed by atoms with van der Waals surface area (Å²) >= 11 is 5.89. The lowest BCUT2D eigenvalue weighted by Crippen LogP contribution is -2.27. The Bertz CT molecular complexity index is 948. The summed E-state index contributed by atoms with van der Waals surface area (Å²) in [5, 5.41) is 4.67. The first-order valence-electron chi connectivity index (χ1n) is 8.08. The minimum absolute atomic E-state index is 0.208. The van der Waals surface area contributed by atoms with Gasteiger partial charge in [-0.25, -0.2) is 0 Å². The monoisotopic (exact) mass is 367 g/mol. The molecule has 3 rings (SSSR count). The van der Waals surface area contributed by atoms with Crippen LogP contribution in [0.2, 0.25) is 5.02 Å². The molecule has 132 valence electrons. The van der Waals surface area contributed by atoms with Gasteiger partial charge in [0.2, 0.25) is 0 Å². The van der Waals surface area contributed by atoms with Gasteiger partial charge in [-0.1, -0.05) is 29.8 Å². The number of benzene rings is 2. The summed E-state index contributed by atoms with van der Waals surface area (Å²) in [7, 11) is 3.53. The largest absolute Gasteiger partial charge is 0.337 e. The molecule has 0 saturated heterocycles.